The van der Waals surface area contributed by atoms with E-state index in [1.807, 2.05) is 13.0 Å². The molecule has 1 saturated heterocycles. The number of thiophene rings is 1. The number of rotatable bonds is 4. The second-order valence-corrected chi connectivity index (χ2v) is 6.42. The molecule has 0 saturated carbocycles. The van der Waals surface area contributed by atoms with Gasteiger partial charge in [0.05, 0.1) is 4.34 Å². The normalized spacial score (nSPS) is 22.2. The molecule has 1 amide bonds. The van der Waals surface area contributed by atoms with Crippen LogP contribution in [-0.2, 0) is 4.79 Å². The van der Waals surface area contributed by atoms with Crippen molar-refractivity contribution in [3.05, 3.63) is 21.3 Å². The molecule has 6 heteroatoms. The zero-order valence-electron chi connectivity index (χ0n) is 11.3. The molecular formula is C13H20ClN3OS. The standard InChI is InChI=1S/C13H20ClN3OS/c1-3-16-13(18)10-8-15-6-7-17(10)9(2)11-4-5-12(14)19-11/h4-5,9-10,15H,3,6-8H2,1-2H3,(H,16,18). The summed E-state index contributed by atoms with van der Waals surface area (Å²) >= 11 is 7.59. The molecule has 0 bridgehead atoms. The minimum absolute atomic E-state index is 0.101. The van der Waals surface area contributed by atoms with Crippen molar-refractivity contribution in [2.45, 2.75) is 25.9 Å². The van der Waals surface area contributed by atoms with Crippen molar-refractivity contribution in [1.82, 2.24) is 15.5 Å². The highest BCUT2D eigenvalue weighted by Gasteiger charge is 2.32. The molecule has 2 heterocycles. The van der Waals surface area contributed by atoms with Crippen LogP contribution in [0.3, 0.4) is 0 Å². The van der Waals surface area contributed by atoms with Gasteiger partial charge in [-0.3, -0.25) is 9.69 Å². The molecular weight excluding hydrogens is 282 g/mol. The first-order valence-corrected chi connectivity index (χ1v) is 7.82. The summed E-state index contributed by atoms with van der Waals surface area (Å²) in [7, 11) is 0. The van der Waals surface area contributed by atoms with Crippen LogP contribution in [0.4, 0.5) is 0 Å². The Bertz CT molecular complexity index is 437. The maximum absolute atomic E-state index is 12.1. The van der Waals surface area contributed by atoms with Gasteiger partial charge in [-0.2, -0.15) is 0 Å². The maximum atomic E-state index is 12.1. The molecule has 19 heavy (non-hydrogen) atoms. The monoisotopic (exact) mass is 301 g/mol. The number of nitrogens with one attached hydrogen (secondary N) is 2. The summed E-state index contributed by atoms with van der Waals surface area (Å²) in [6, 6.07) is 4.08. The fourth-order valence-corrected chi connectivity index (χ4v) is 3.57. The predicted octanol–water partition coefficient (Wildman–Crippen LogP) is 1.87. The van der Waals surface area contributed by atoms with E-state index in [-0.39, 0.29) is 18.0 Å². The lowest BCUT2D eigenvalue weighted by Gasteiger charge is -2.38. The quantitative estimate of drug-likeness (QED) is 0.892. The zero-order chi connectivity index (χ0) is 13.8. The van der Waals surface area contributed by atoms with Crippen LogP contribution in [0.15, 0.2) is 12.1 Å². The van der Waals surface area contributed by atoms with Gasteiger partial charge in [0.25, 0.3) is 0 Å². The Hall–Kier alpha value is -0.620. The largest absolute Gasteiger partial charge is 0.355 e. The van der Waals surface area contributed by atoms with Crippen LogP contribution in [0.25, 0.3) is 0 Å². The maximum Gasteiger partial charge on any atom is 0.238 e. The summed E-state index contributed by atoms with van der Waals surface area (Å²) in [6.45, 7) is 7.25. The highest BCUT2D eigenvalue weighted by Crippen LogP contribution is 2.31. The summed E-state index contributed by atoms with van der Waals surface area (Å²) in [5.74, 6) is 0.101. The van der Waals surface area contributed by atoms with Gasteiger partial charge >= 0.3 is 0 Å². The summed E-state index contributed by atoms with van der Waals surface area (Å²) in [6.07, 6.45) is 0. The van der Waals surface area contributed by atoms with Gasteiger partial charge < -0.3 is 10.6 Å². The highest BCUT2D eigenvalue weighted by molar-refractivity contribution is 7.16. The number of nitrogens with zero attached hydrogens (tertiary/aromatic N) is 1. The van der Waals surface area contributed by atoms with E-state index in [1.165, 1.54) is 4.88 Å². The lowest BCUT2D eigenvalue weighted by atomic mass is 10.1. The molecule has 0 spiro atoms. The van der Waals surface area contributed by atoms with Gasteiger partial charge in [-0.25, -0.2) is 0 Å². The minimum Gasteiger partial charge on any atom is -0.355 e. The van der Waals surface area contributed by atoms with Crippen molar-refractivity contribution >= 4 is 28.8 Å². The Labute approximate surface area is 123 Å². The fraction of sp³-hybridized carbons (Fsp3) is 0.615. The van der Waals surface area contributed by atoms with Gasteiger partial charge in [0, 0.05) is 37.1 Å². The molecule has 1 fully saturated rings. The number of piperazine rings is 1. The summed E-state index contributed by atoms with van der Waals surface area (Å²) in [5.41, 5.74) is 0. The smallest absolute Gasteiger partial charge is 0.238 e. The van der Waals surface area contributed by atoms with Gasteiger partial charge in [-0.1, -0.05) is 11.6 Å². The topological polar surface area (TPSA) is 44.4 Å². The van der Waals surface area contributed by atoms with Crippen molar-refractivity contribution in [1.29, 1.82) is 0 Å². The number of halogens is 1. The van der Waals surface area contributed by atoms with E-state index >= 15 is 0 Å². The van der Waals surface area contributed by atoms with E-state index in [1.54, 1.807) is 11.3 Å². The first-order chi connectivity index (χ1) is 9.13. The Morgan fingerprint density at radius 1 is 1.68 bits per heavy atom. The number of hydrogen-bond acceptors (Lipinski definition) is 4. The Balaban J connectivity index is 2.12. The van der Waals surface area contributed by atoms with Gasteiger partial charge in [-0.05, 0) is 26.0 Å². The zero-order valence-corrected chi connectivity index (χ0v) is 12.9. The van der Waals surface area contributed by atoms with Crippen molar-refractivity contribution in [2.24, 2.45) is 0 Å². The van der Waals surface area contributed by atoms with E-state index in [9.17, 15) is 4.79 Å². The molecule has 0 radical (unpaired) electrons. The van der Waals surface area contributed by atoms with Crippen LogP contribution in [-0.4, -0.2) is 43.0 Å². The predicted molar refractivity (Wildman–Crippen MR) is 79.8 cm³/mol. The minimum atomic E-state index is -0.107. The molecule has 106 valence electrons. The van der Waals surface area contributed by atoms with E-state index < -0.39 is 0 Å². The summed E-state index contributed by atoms with van der Waals surface area (Å²) in [4.78, 5) is 15.6. The Morgan fingerprint density at radius 2 is 2.47 bits per heavy atom. The van der Waals surface area contributed by atoms with E-state index in [0.717, 1.165) is 17.4 Å². The van der Waals surface area contributed by atoms with Crippen LogP contribution in [0.5, 0.6) is 0 Å². The summed E-state index contributed by atoms with van der Waals surface area (Å²) in [5, 5.41) is 6.20. The Morgan fingerprint density at radius 3 is 3.11 bits per heavy atom. The van der Waals surface area contributed by atoms with E-state index in [4.69, 9.17) is 11.6 Å². The molecule has 2 rings (SSSR count). The summed E-state index contributed by atoms with van der Waals surface area (Å²) < 4.78 is 0.798. The van der Waals surface area contributed by atoms with Crippen molar-refractivity contribution in [3.8, 4) is 0 Å². The third-order valence-corrected chi connectivity index (χ3v) is 4.84. The van der Waals surface area contributed by atoms with Gasteiger partial charge in [0.15, 0.2) is 0 Å². The fourth-order valence-electron chi connectivity index (χ4n) is 2.44. The highest BCUT2D eigenvalue weighted by atomic mass is 35.5. The number of hydrogen-bond donors (Lipinski definition) is 2. The number of carbonyl (C=O) groups excluding carboxylic acids is 1. The average molecular weight is 302 g/mol. The molecule has 1 aromatic heterocycles. The first-order valence-electron chi connectivity index (χ1n) is 6.63. The van der Waals surface area contributed by atoms with Crippen LogP contribution >= 0.6 is 22.9 Å². The second kappa shape index (κ2) is 6.70. The molecule has 2 atom stereocenters. The van der Waals surface area contributed by atoms with Gasteiger partial charge in [0.2, 0.25) is 5.91 Å². The van der Waals surface area contributed by atoms with Crippen molar-refractivity contribution < 1.29 is 4.79 Å². The number of likely N-dealkylation sites (N-methyl/N-ethyl adjacent to an activating group) is 1. The van der Waals surface area contributed by atoms with Crippen LogP contribution < -0.4 is 10.6 Å². The molecule has 1 aliphatic heterocycles. The first kappa shape index (κ1) is 14.8. The molecule has 2 N–H and O–H groups in total. The Kier molecular flexibility index (Phi) is 5.21. The lowest BCUT2D eigenvalue weighted by molar-refractivity contribution is -0.127. The second-order valence-electron chi connectivity index (χ2n) is 4.67. The molecule has 1 aromatic rings. The number of carbonyl (C=O) groups is 1. The van der Waals surface area contributed by atoms with Gasteiger partial charge in [-0.15, -0.1) is 11.3 Å². The third-order valence-electron chi connectivity index (χ3n) is 3.44. The third kappa shape index (κ3) is 3.48. The lowest BCUT2D eigenvalue weighted by Crippen LogP contribution is -2.58. The average Bonchev–Trinajstić information content (AvgIpc) is 2.85. The SMILES string of the molecule is CCNC(=O)C1CNCCN1C(C)c1ccc(Cl)s1. The van der Waals surface area contributed by atoms with Crippen LogP contribution in [0.1, 0.15) is 24.8 Å². The van der Waals surface area contributed by atoms with Crippen molar-refractivity contribution in [2.75, 3.05) is 26.2 Å². The molecule has 0 aliphatic carbocycles. The molecule has 0 aromatic carbocycles. The molecule has 2 unspecified atom stereocenters. The molecule has 4 nitrogen and oxygen atoms in total. The van der Waals surface area contributed by atoms with E-state index in [0.29, 0.717) is 13.1 Å². The number of amides is 1. The molecule has 1 aliphatic rings. The van der Waals surface area contributed by atoms with Crippen molar-refractivity contribution in [3.63, 3.8) is 0 Å². The van der Waals surface area contributed by atoms with E-state index in [2.05, 4.69) is 28.5 Å². The van der Waals surface area contributed by atoms with Crippen LogP contribution in [0, 0.1) is 0 Å². The van der Waals surface area contributed by atoms with Crippen LogP contribution in [0.2, 0.25) is 4.34 Å². The van der Waals surface area contributed by atoms with Gasteiger partial charge in [0.1, 0.15) is 6.04 Å².